The van der Waals surface area contributed by atoms with Crippen molar-refractivity contribution in [2.75, 3.05) is 0 Å². The standard InChI is InChI=1S/C28H20O/c1-17-7-3-5-9-21(17)25-18(2)11-15-23-27-24(29-28(23)25)16-14-20-13-12-19-8-4-6-10-22(19)26(20)27/h3-16H,1-2H3. The first kappa shape index (κ1) is 16.4. The first-order chi connectivity index (χ1) is 14.2. The van der Waals surface area contributed by atoms with Crippen LogP contribution in [0.2, 0.25) is 0 Å². The fourth-order valence-corrected chi connectivity index (χ4v) is 4.71. The molecule has 0 fully saturated rings. The molecule has 0 unspecified atom stereocenters. The molecular weight excluding hydrogens is 352 g/mol. The molecule has 0 aliphatic rings. The molecule has 0 N–H and O–H groups in total. The Kier molecular flexibility index (Phi) is 3.36. The van der Waals surface area contributed by atoms with Crippen LogP contribution in [0, 0.1) is 13.8 Å². The largest absolute Gasteiger partial charge is 0.455 e. The molecule has 1 aromatic heterocycles. The van der Waals surface area contributed by atoms with Crippen LogP contribution in [-0.2, 0) is 0 Å². The molecule has 0 bridgehead atoms. The number of furan rings is 1. The van der Waals surface area contributed by atoms with Crippen LogP contribution in [0.5, 0.6) is 0 Å². The summed E-state index contributed by atoms with van der Waals surface area (Å²) in [6.07, 6.45) is 0. The van der Waals surface area contributed by atoms with Crippen molar-refractivity contribution in [3.05, 3.63) is 96.1 Å². The Balaban J connectivity index is 1.85. The average molecular weight is 372 g/mol. The zero-order chi connectivity index (χ0) is 19.5. The van der Waals surface area contributed by atoms with Crippen molar-refractivity contribution in [1.82, 2.24) is 0 Å². The van der Waals surface area contributed by atoms with Crippen LogP contribution in [0.25, 0.3) is 54.6 Å². The molecule has 0 spiro atoms. The summed E-state index contributed by atoms with van der Waals surface area (Å²) < 4.78 is 6.53. The minimum absolute atomic E-state index is 0.948. The molecule has 1 heteroatoms. The molecule has 1 nitrogen and oxygen atoms in total. The molecule has 0 amide bonds. The summed E-state index contributed by atoms with van der Waals surface area (Å²) in [7, 11) is 0. The molecular formula is C28H20O. The molecule has 0 aliphatic carbocycles. The van der Waals surface area contributed by atoms with E-state index in [1.165, 1.54) is 54.6 Å². The molecule has 6 rings (SSSR count). The van der Waals surface area contributed by atoms with Crippen LogP contribution in [0.15, 0.2) is 89.3 Å². The topological polar surface area (TPSA) is 13.1 Å². The molecule has 5 aromatic carbocycles. The van der Waals surface area contributed by atoms with Crippen LogP contribution < -0.4 is 0 Å². The molecule has 0 radical (unpaired) electrons. The average Bonchev–Trinajstić information content (AvgIpc) is 3.13. The van der Waals surface area contributed by atoms with E-state index >= 15 is 0 Å². The van der Waals surface area contributed by atoms with Gasteiger partial charge in [0.2, 0.25) is 0 Å². The van der Waals surface area contributed by atoms with Crippen molar-refractivity contribution in [1.29, 1.82) is 0 Å². The van der Waals surface area contributed by atoms with Gasteiger partial charge in [-0.15, -0.1) is 0 Å². The number of hydrogen-bond acceptors (Lipinski definition) is 1. The smallest absolute Gasteiger partial charge is 0.143 e. The molecule has 29 heavy (non-hydrogen) atoms. The summed E-state index contributed by atoms with van der Waals surface area (Å²) in [6.45, 7) is 4.33. The van der Waals surface area contributed by atoms with Gasteiger partial charge in [0, 0.05) is 21.7 Å². The van der Waals surface area contributed by atoms with Crippen molar-refractivity contribution in [3.8, 4) is 11.1 Å². The minimum Gasteiger partial charge on any atom is -0.455 e. The lowest BCUT2D eigenvalue weighted by molar-refractivity contribution is 0.670. The summed E-state index contributed by atoms with van der Waals surface area (Å²) in [6, 6.07) is 30.3. The Morgan fingerprint density at radius 2 is 1.31 bits per heavy atom. The Bertz CT molecular complexity index is 1570. The van der Waals surface area contributed by atoms with E-state index in [9.17, 15) is 0 Å². The van der Waals surface area contributed by atoms with E-state index in [0.717, 1.165) is 11.2 Å². The third-order valence-electron chi connectivity index (χ3n) is 6.13. The molecule has 0 atom stereocenters. The SMILES string of the molecule is Cc1ccccc1-c1c(C)ccc2c1oc1ccc3ccc4ccccc4c3c12. The van der Waals surface area contributed by atoms with Crippen molar-refractivity contribution < 1.29 is 4.42 Å². The second kappa shape index (κ2) is 5.96. The highest BCUT2D eigenvalue weighted by Gasteiger charge is 2.18. The maximum Gasteiger partial charge on any atom is 0.143 e. The third-order valence-corrected chi connectivity index (χ3v) is 6.13. The van der Waals surface area contributed by atoms with Gasteiger partial charge in [0.15, 0.2) is 0 Å². The van der Waals surface area contributed by atoms with Gasteiger partial charge in [-0.05, 0) is 52.8 Å². The van der Waals surface area contributed by atoms with Gasteiger partial charge in [0.05, 0.1) is 0 Å². The lowest BCUT2D eigenvalue weighted by Crippen LogP contribution is -1.87. The monoisotopic (exact) mass is 372 g/mol. The van der Waals surface area contributed by atoms with E-state index in [1.807, 2.05) is 0 Å². The van der Waals surface area contributed by atoms with Crippen LogP contribution in [0.4, 0.5) is 0 Å². The van der Waals surface area contributed by atoms with Gasteiger partial charge >= 0.3 is 0 Å². The van der Waals surface area contributed by atoms with Gasteiger partial charge in [-0.25, -0.2) is 0 Å². The van der Waals surface area contributed by atoms with Gasteiger partial charge in [-0.3, -0.25) is 0 Å². The highest BCUT2D eigenvalue weighted by atomic mass is 16.3. The number of benzene rings is 5. The van der Waals surface area contributed by atoms with Crippen molar-refractivity contribution >= 4 is 43.5 Å². The maximum absolute atomic E-state index is 6.53. The van der Waals surface area contributed by atoms with E-state index in [4.69, 9.17) is 4.42 Å². The first-order valence-electron chi connectivity index (χ1n) is 10.0. The fraction of sp³-hybridized carbons (Fsp3) is 0.0714. The van der Waals surface area contributed by atoms with E-state index in [0.29, 0.717) is 0 Å². The Hall–Kier alpha value is -3.58. The van der Waals surface area contributed by atoms with Crippen molar-refractivity contribution in [2.45, 2.75) is 13.8 Å². The quantitative estimate of drug-likeness (QED) is 0.265. The van der Waals surface area contributed by atoms with Crippen molar-refractivity contribution in [3.63, 3.8) is 0 Å². The Morgan fingerprint density at radius 1 is 0.552 bits per heavy atom. The predicted molar refractivity (Wildman–Crippen MR) is 124 cm³/mol. The zero-order valence-corrected chi connectivity index (χ0v) is 16.5. The van der Waals surface area contributed by atoms with E-state index in [1.54, 1.807) is 0 Å². The molecule has 0 saturated heterocycles. The summed E-state index contributed by atoms with van der Waals surface area (Å²) in [5, 5.41) is 7.45. The third kappa shape index (κ3) is 2.28. The highest BCUT2D eigenvalue weighted by Crippen LogP contribution is 2.42. The molecule has 0 aliphatic heterocycles. The lowest BCUT2D eigenvalue weighted by atomic mass is 9.93. The Morgan fingerprint density at radius 3 is 2.21 bits per heavy atom. The summed E-state index contributed by atoms with van der Waals surface area (Å²) >= 11 is 0. The maximum atomic E-state index is 6.53. The Labute approximate surface area is 169 Å². The first-order valence-corrected chi connectivity index (χ1v) is 10.0. The van der Waals surface area contributed by atoms with Crippen LogP contribution >= 0.6 is 0 Å². The normalized spacial score (nSPS) is 11.8. The zero-order valence-electron chi connectivity index (χ0n) is 16.5. The number of hydrogen-bond donors (Lipinski definition) is 0. The van der Waals surface area contributed by atoms with Crippen LogP contribution in [0.3, 0.4) is 0 Å². The van der Waals surface area contributed by atoms with Crippen molar-refractivity contribution in [2.24, 2.45) is 0 Å². The second-order valence-corrected chi connectivity index (χ2v) is 7.87. The summed E-state index contributed by atoms with van der Waals surface area (Å²) in [5.74, 6) is 0. The van der Waals surface area contributed by atoms with Gasteiger partial charge < -0.3 is 4.42 Å². The van der Waals surface area contributed by atoms with E-state index < -0.39 is 0 Å². The van der Waals surface area contributed by atoms with Crippen LogP contribution in [0.1, 0.15) is 11.1 Å². The molecule has 6 aromatic rings. The van der Waals surface area contributed by atoms with Crippen LogP contribution in [-0.4, -0.2) is 0 Å². The highest BCUT2D eigenvalue weighted by molar-refractivity contribution is 6.27. The molecule has 0 saturated carbocycles. The lowest BCUT2D eigenvalue weighted by Gasteiger charge is -2.10. The molecule has 1 heterocycles. The minimum atomic E-state index is 0.948. The van der Waals surface area contributed by atoms with Gasteiger partial charge in [-0.2, -0.15) is 0 Å². The summed E-state index contributed by atoms with van der Waals surface area (Å²) in [4.78, 5) is 0. The van der Waals surface area contributed by atoms with E-state index in [2.05, 4.69) is 98.8 Å². The van der Waals surface area contributed by atoms with Gasteiger partial charge in [0.1, 0.15) is 11.2 Å². The fourth-order valence-electron chi connectivity index (χ4n) is 4.71. The number of rotatable bonds is 1. The number of fused-ring (bicyclic) bond motifs is 7. The second-order valence-electron chi connectivity index (χ2n) is 7.87. The van der Waals surface area contributed by atoms with E-state index in [-0.39, 0.29) is 0 Å². The van der Waals surface area contributed by atoms with Gasteiger partial charge in [-0.1, -0.05) is 78.9 Å². The van der Waals surface area contributed by atoms with Gasteiger partial charge in [0.25, 0.3) is 0 Å². The molecule has 138 valence electrons. The number of aryl methyl sites for hydroxylation is 2. The summed E-state index contributed by atoms with van der Waals surface area (Å²) in [5.41, 5.74) is 6.87. The predicted octanol–water partition coefficient (Wildman–Crippen LogP) is 8.18.